The van der Waals surface area contributed by atoms with Crippen molar-refractivity contribution in [2.24, 2.45) is 0 Å². The molecule has 41 heavy (non-hydrogen) atoms. The summed E-state index contributed by atoms with van der Waals surface area (Å²) in [6.07, 6.45) is 2.87. The SMILES string of the molecule is CCCCNC(=O)[C@H](Cc1ccccc1)N(Cc1c(Cl)cccc1Cl)C(=O)CN(c1cccc(OC)c1)S(C)(=O)=O. The molecule has 220 valence electrons. The summed E-state index contributed by atoms with van der Waals surface area (Å²) in [7, 11) is -2.44. The summed E-state index contributed by atoms with van der Waals surface area (Å²) in [5.74, 6) is -0.521. The highest BCUT2D eigenvalue weighted by Crippen LogP contribution is 2.28. The summed E-state index contributed by atoms with van der Waals surface area (Å²) in [4.78, 5) is 29.1. The standard InChI is InChI=1S/C30H35Cl2N3O5S/c1-4-5-17-33-30(37)28(18-22-11-7-6-8-12-22)34(20-25-26(31)15-10-16-27(25)32)29(36)21-35(41(3,38)39)23-13-9-14-24(19-23)40-2/h6-16,19,28H,4-5,17-18,20-21H2,1-3H3,(H,33,37)/t28-/m0/s1. The summed E-state index contributed by atoms with van der Waals surface area (Å²) in [6, 6.07) is 19.7. The van der Waals surface area contributed by atoms with E-state index in [0.717, 1.165) is 29.0 Å². The number of carbonyl (C=O) groups is 2. The molecule has 1 atom stereocenters. The lowest BCUT2D eigenvalue weighted by molar-refractivity contribution is -0.140. The van der Waals surface area contributed by atoms with Crippen LogP contribution < -0.4 is 14.4 Å². The van der Waals surface area contributed by atoms with E-state index in [-0.39, 0.29) is 24.6 Å². The smallest absolute Gasteiger partial charge is 0.244 e. The Morgan fingerprint density at radius 1 is 0.976 bits per heavy atom. The molecule has 0 heterocycles. The number of halogens is 2. The number of carbonyl (C=O) groups excluding carboxylic acids is 2. The summed E-state index contributed by atoms with van der Waals surface area (Å²) in [5, 5.41) is 3.59. The molecular formula is C30H35Cl2N3O5S. The van der Waals surface area contributed by atoms with Crippen molar-refractivity contribution < 1.29 is 22.7 Å². The van der Waals surface area contributed by atoms with E-state index in [1.165, 1.54) is 18.1 Å². The van der Waals surface area contributed by atoms with E-state index in [0.29, 0.717) is 27.9 Å². The number of nitrogens with zero attached hydrogens (tertiary/aromatic N) is 2. The molecule has 1 N–H and O–H groups in total. The second-order valence-corrected chi connectivity index (χ2v) is 12.3. The number of hydrogen-bond acceptors (Lipinski definition) is 5. The molecule has 0 aliphatic rings. The third-order valence-corrected chi connectivity index (χ3v) is 8.36. The Morgan fingerprint density at radius 2 is 1.63 bits per heavy atom. The average Bonchev–Trinajstić information content (AvgIpc) is 2.94. The zero-order chi connectivity index (χ0) is 30.0. The first-order valence-electron chi connectivity index (χ1n) is 13.2. The number of anilines is 1. The van der Waals surface area contributed by atoms with Crippen molar-refractivity contribution in [1.82, 2.24) is 10.2 Å². The molecule has 0 saturated heterocycles. The monoisotopic (exact) mass is 619 g/mol. The molecule has 0 aromatic heterocycles. The van der Waals surface area contributed by atoms with Gasteiger partial charge in [0.05, 0.1) is 19.1 Å². The predicted molar refractivity (Wildman–Crippen MR) is 164 cm³/mol. The third kappa shape index (κ3) is 9.11. The highest BCUT2D eigenvalue weighted by atomic mass is 35.5. The average molecular weight is 621 g/mol. The summed E-state index contributed by atoms with van der Waals surface area (Å²) in [6.45, 7) is 1.79. The maximum atomic E-state index is 14.1. The first kappa shape index (κ1) is 32.2. The predicted octanol–water partition coefficient (Wildman–Crippen LogP) is 5.32. The maximum absolute atomic E-state index is 14.1. The van der Waals surface area contributed by atoms with Gasteiger partial charge in [0, 0.05) is 41.2 Å². The molecule has 0 radical (unpaired) electrons. The van der Waals surface area contributed by atoms with Gasteiger partial charge < -0.3 is 15.0 Å². The Hall–Kier alpha value is -3.27. The van der Waals surface area contributed by atoms with Crippen LogP contribution in [0.25, 0.3) is 0 Å². The summed E-state index contributed by atoms with van der Waals surface area (Å²) < 4.78 is 32.1. The zero-order valence-electron chi connectivity index (χ0n) is 23.3. The van der Waals surface area contributed by atoms with Crippen molar-refractivity contribution in [3.05, 3.63) is 94.0 Å². The summed E-state index contributed by atoms with van der Waals surface area (Å²) >= 11 is 13.0. The van der Waals surface area contributed by atoms with E-state index >= 15 is 0 Å². The number of amides is 2. The lowest BCUT2D eigenvalue weighted by Crippen LogP contribution is -2.53. The van der Waals surface area contributed by atoms with Crippen molar-refractivity contribution in [1.29, 1.82) is 0 Å². The number of nitrogens with one attached hydrogen (secondary N) is 1. The van der Waals surface area contributed by atoms with Crippen molar-refractivity contribution in [3.63, 3.8) is 0 Å². The molecule has 0 saturated carbocycles. The van der Waals surface area contributed by atoms with Gasteiger partial charge in [-0.3, -0.25) is 13.9 Å². The van der Waals surface area contributed by atoms with Gasteiger partial charge in [-0.15, -0.1) is 0 Å². The molecule has 3 aromatic carbocycles. The van der Waals surface area contributed by atoms with Crippen LogP contribution in [0.4, 0.5) is 5.69 Å². The molecule has 2 amide bonds. The van der Waals surface area contributed by atoms with Crippen LogP contribution in [0.1, 0.15) is 30.9 Å². The molecule has 8 nitrogen and oxygen atoms in total. The lowest BCUT2D eigenvalue weighted by atomic mass is 10.0. The van der Waals surface area contributed by atoms with Crippen LogP contribution in [0.5, 0.6) is 5.75 Å². The van der Waals surface area contributed by atoms with Crippen LogP contribution in [0.3, 0.4) is 0 Å². The Bertz CT molecular complexity index is 1420. The Balaban J connectivity index is 2.08. The fourth-order valence-electron chi connectivity index (χ4n) is 4.29. The molecule has 0 bridgehead atoms. The number of unbranched alkanes of at least 4 members (excludes halogenated alkanes) is 1. The first-order valence-corrected chi connectivity index (χ1v) is 15.8. The minimum atomic E-state index is -3.91. The number of benzene rings is 3. The molecule has 3 aromatic rings. The Kier molecular flexibility index (Phi) is 11.9. The van der Waals surface area contributed by atoms with Crippen molar-refractivity contribution in [2.75, 3.05) is 30.8 Å². The Morgan fingerprint density at radius 3 is 2.24 bits per heavy atom. The van der Waals surface area contributed by atoms with Gasteiger partial charge in [-0.05, 0) is 36.2 Å². The second kappa shape index (κ2) is 15.1. The van der Waals surface area contributed by atoms with Gasteiger partial charge >= 0.3 is 0 Å². The van der Waals surface area contributed by atoms with E-state index in [2.05, 4.69) is 5.32 Å². The molecule has 0 aliphatic carbocycles. The lowest BCUT2D eigenvalue weighted by Gasteiger charge is -2.34. The molecule has 11 heteroatoms. The van der Waals surface area contributed by atoms with E-state index < -0.39 is 28.5 Å². The van der Waals surface area contributed by atoms with Gasteiger partial charge in [0.1, 0.15) is 18.3 Å². The van der Waals surface area contributed by atoms with Crippen LogP contribution in [0.15, 0.2) is 72.8 Å². The van der Waals surface area contributed by atoms with Gasteiger partial charge in [-0.2, -0.15) is 0 Å². The third-order valence-electron chi connectivity index (χ3n) is 6.51. The van der Waals surface area contributed by atoms with E-state index in [9.17, 15) is 18.0 Å². The van der Waals surface area contributed by atoms with E-state index in [1.807, 2.05) is 37.3 Å². The quantitative estimate of drug-likeness (QED) is 0.246. The molecule has 0 fully saturated rings. The van der Waals surface area contributed by atoms with Crippen molar-refractivity contribution in [2.45, 2.75) is 38.8 Å². The van der Waals surface area contributed by atoms with Crippen LogP contribution >= 0.6 is 23.2 Å². The first-order chi connectivity index (χ1) is 19.5. The van der Waals surface area contributed by atoms with E-state index in [4.69, 9.17) is 27.9 Å². The number of sulfonamides is 1. The highest BCUT2D eigenvalue weighted by Gasteiger charge is 2.33. The zero-order valence-corrected chi connectivity index (χ0v) is 25.7. The molecule has 0 spiro atoms. The number of rotatable bonds is 14. The van der Waals surface area contributed by atoms with Gasteiger partial charge in [-0.25, -0.2) is 8.42 Å². The van der Waals surface area contributed by atoms with Crippen molar-refractivity contribution >= 4 is 50.7 Å². The van der Waals surface area contributed by atoms with Gasteiger partial charge in [0.25, 0.3) is 0 Å². The Labute approximate surface area is 252 Å². The van der Waals surface area contributed by atoms with Crippen LogP contribution in [0.2, 0.25) is 10.0 Å². The number of hydrogen-bond donors (Lipinski definition) is 1. The second-order valence-electron chi connectivity index (χ2n) is 9.54. The van der Waals surface area contributed by atoms with Gasteiger partial charge in [-0.1, -0.05) is 79.0 Å². The highest BCUT2D eigenvalue weighted by molar-refractivity contribution is 7.92. The molecule has 0 unspecified atom stereocenters. The molecule has 0 aliphatic heterocycles. The van der Waals surface area contributed by atoms with Crippen LogP contribution in [0, 0.1) is 0 Å². The minimum absolute atomic E-state index is 0.105. The van der Waals surface area contributed by atoms with Crippen molar-refractivity contribution in [3.8, 4) is 5.75 Å². The van der Waals surface area contributed by atoms with E-state index in [1.54, 1.807) is 36.4 Å². The van der Waals surface area contributed by atoms with Gasteiger partial charge in [0.15, 0.2) is 0 Å². The summed E-state index contributed by atoms with van der Waals surface area (Å²) in [5.41, 5.74) is 1.54. The maximum Gasteiger partial charge on any atom is 0.244 e. The normalized spacial score (nSPS) is 11.9. The topological polar surface area (TPSA) is 96.0 Å². The minimum Gasteiger partial charge on any atom is -0.497 e. The fraction of sp³-hybridized carbons (Fsp3) is 0.333. The number of methoxy groups -OCH3 is 1. The molecular weight excluding hydrogens is 585 g/mol. The fourth-order valence-corrected chi connectivity index (χ4v) is 5.65. The largest absolute Gasteiger partial charge is 0.497 e. The molecule has 3 rings (SSSR count). The van der Waals surface area contributed by atoms with Gasteiger partial charge in [0.2, 0.25) is 21.8 Å². The van der Waals surface area contributed by atoms with Crippen LogP contribution in [-0.4, -0.2) is 57.6 Å². The van der Waals surface area contributed by atoms with Crippen LogP contribution in [-0.2, 0) is 32.6 Å². The number of ether oxygens (including phenoxy) is 1.